The molecular formula is C20H35N3O2. The summed E-state index contributed by atoms with van der Waals surface area (Å²) in [5, 5.41) is 6.35. The normalized spacial score (nSPS) is 28.6. The number of nitrogens with zero attached hydrogens (tertiary/aromatic N) is 1. The van der Waals surface area contributed by atoms with E-state index in [0.29, 0.717) is 24.3 Å². The van der Waals surface area contributed by atoms with E-state index in [9.17, 15) is 9.59 Å². The fourth-order valence-corrected chi connectivity index (χ4v) is 4.68. The van der Waals surface area contributed by atoms with Gasteiger partial charge in [-0.25, -0.2) is 0 Å². The first-order valence-electron chi connectivity index (χ1n) is 10.5. The lowest BCUT2D eigenvalue weighted by Gasteiger charge is -2.34. The van der Waals surface area contributed by atoms with Crippen LogP contribution in [0.3, 0.4) is 0 Å². The highest BCUT2D eigenvalue weighted by atomic mass is 16.2. The molecule has 0 aromatic rings. The van der Waals surface area contributed by atoms with E-state index in [2.05, 4.69) is 15.5 Å². The second kappa shape index (κ2) is 9.56. The van der Waals surface area contributed by atoms with E-state index in [1.165, 1.54) is 38.5 Å². The second-order valence-corrected chi connectivity index (χ2v) is 8.30. The van der Waals surface area contributed by atoms with Crippen LogP contribution in [-0.4, -0.2) is 48.9 Å². The van der Waals surface area contributed by atoms with E-state index in [1.807, 2.05) is 0 Å². The van der Waals surface area contributed by atoms with Gasteiger partial charge in [-0.05, 0) is 56.9 Å². The van der Waals surface area contributed by atoms with E-state index in [1.54, 1.807) is 0 Å². The van der Waals surface area contributed by atoms with E-state index in [0.717, 1.165) is 51.7 Å². The van der Waals surface area contributed by atoms with Crippen molar-refractivity contribution < 1.29 is 9.59 Å². The zero-order valence-corrected chi connectivity index (χ0v) is 15.6. The van der Waals surface area contributed by atoms with Gasteiger partial charge in [0.05, 0.1) is 6.04 Å². The van der Waals surface area contributed by atoms with Crippen LogP contribution in [0.1, 0.15) is 70.6 Å². The molecule has 3 rings (SSSR count). The smallest absolute Gasteiger partial charge is 0.237 e. The molecule has 25 heavy (non-hydrogen) atoms. The van der Waals surface area contributed by atoms with Crippen molar-refractivity contribution in [3.05, 3.63) is 0 Å². The van der Waals surface area contributed by atoms with Crippen LogP contribution in [0.25, 0.3) is 0 Å². The van der Waals surface area contributed by atoms with Crippen LogP contribution >= 0.6 is 0 Å². The van der Waals surface area contributed by atoms with Gasteiger partial charge >= 0.3 is 0 Å². The summed E-state index contributed by atoms with van der Waals surface area (Å²) in [6.45, 7) is 3.39. The predicted molar refractivity (Wildman–Crippen MR) is 99.1 cm³/mol. The van der Waals surface area contributed by atoms with Crippen molar-refractivity contribution in [2.75, 3.05) is 26.2 Å². The Kier molecular flexibility index (Phi) is 7.14. The summed E-state index contributed by atoms with van der Waals surface area (Å²) < 4.78 is 0. The van der Waals surface area contributed by atoms with Crippen LogP contribution in [-0.2, 0) is 9.59 Å². The number of carbonyl (C=O) groups excluding carboxylic acids is 2. The fraction of sp³-hybridized carbons (Fsp3) is 0.900. The molecule has 2 amide bonds. The molecule has 0 radical (unpaired) electrons. The molecule has 142 valence electrons. The van der Waals surface area contributed by atoms with Gasteiger partial charge in [0.25, 0.3) is 0 Å². The standard InChI is InChI=1S/C20H35N3O2/c24-19(13-16-7-3-1-2-4-8-16)23-12-6-9-17(15-23)14-22-20(25)18-10-5-11-21-18/h16-18,21H,1-15H2,(H,22,25). The van der Waals surface area contributed by atoms with Crippen LogP contribution in [0, 0.1) is 11.8 Å². The largest absolute Gasteiger partial charge is 0.354 e. The van der Waals surface area contributed by atoms with E-state index in [-0.39, 0.29) is 11.9 Å². The molecule has 2 aliphatic heterocycles. The van der Waals surface area contributed by atoms with Crippen molar-refractivity contribution >= 4 is 11.8 Å². The van der Waals surface area contributed by atoms with Gasteiger partial charge in [0.15, 0.2) is 0 Å². The molecule has 2 saturated heterocycles. The molecule has 3 aliphatic rings. The van der Waals surface area contributed by atoms with Crippen molar-refractivity contribution in [3.63, 3.8) is 0 Å². The molecule has 3 fully saturated rings. The molecule has 2 unspecified atom stereocenters. The Labute approximate surface area is 152 Å². The average Bonchev–Trinajstić information content (AvgIpc) is 3.06. The summed E-state index contributed by atoms with van der Waals surface area (Å²) in [6, 6.07) is -0.00318. The Morgan fingerprint density at radius 2 is 1.68 bits per heavy atom. The first kappa shape index (κ1) is 18.7. The summed E-state index contributed by atoms with van der Waals surface area (Å²) in [4.78, 5) is 26.9. The first-order chi connectivity index (χ1) is 12.2. The van der Waals surface area contributed by atoms with Gasteiger partial charge in [-0.3, -0.25) is 9.59 Å². The number of carbonyl (C=O) groups is 2. The summed E-state index contributed by atoms with van der Waals surface area (Å²) in [7, 11) is 0. The second-order valence-electron chi connectivity index (χ2n) is 8.30. The van der Waals surface area contributed by atoms with E-state index < -0.39 is 0 Å². The molecule has 0 aromatic heterocycles. The van der Waals surface area contributed by atoms with Gasteiger partial charge in [0.2, 0.25) is 11.8 Å². The molecule has 5 heteroatoms. The van der Waals surface area contributed by atoms with E-state index in [4.69, 9.17) is 0 Å². The highest BCUT2D eigenvalue weighted by Crippen LogP contribution is 2.27. The lowest BCUT2D eigenvalue weighted by Crippen LogP contribution is -2.47. The van der Waals surface area contributed by atoms with Crippen molar-refractivity contribution in [1.82, 2.24) is 15.5 Å². The van der Waals surface area contributed by atoms with Gasteiger partial charge < -0.3 is 15.5 Å². The van der Waals surface area contributed by atoms with Gasteiger partial charge in [-0.15, -0.1) is 0 Å². The number of likely N-dealkylation sites (tertiary alicyclic amines) is 1. The molecule has 2 N–H and O–H groups in total. The van der Waals surface area contributed by atoms with Gasteiger partial charge in [0, 0.05) is 26.1 Å². The Morgan fingerprint density at radius 1 is 0.920 bits per heavy atom. The summed E-state index contributed by atoms with van der Waals surface area (Å²) in [5.41, 5.74) is 0. The van der Waals surface area contributed by atoms with Gasteiger partial charge in [0.1, 0.15) is 0 Å². The molecule has 0 aromatic carbocycles. The molecule has 0 bridgehead atoms. The average molecular weight is 350 g/mol. The highest BCUT2D eigenvalue weighted by molar-refractivity contribution is 5.82. The SMILES string of the molecule is O=C(NCC1CCCN(C(=O)CC2CCCCCC2)C1)C1CCCN1. The molecule has 0 spiro atoms. The van der Waals surface area contributed by atoms with Crippen molar-refractivity contribution in [1.29, 1.82) is 0 Å². The molecule has 5 nitrogen and oxygen atoms in total. The van der Waals surface area contributed by atoms with Crippen LogP contribution in [0.5, 0.6) is 0 Å². The van der Waals surface area contributed by atoms with Gasteiger partial charge in [-0.2, -0.15) is 0 Å². The number of rotatable bonds is 5. The van der Waals surface area contributed by atoms with Gasteiger partial charge in [-0.1, -0.05) is 25.7 Å². The van der Waals surface area contributed by atoms with Crippen molar-refractivity contribution in [2.24, 2.45) is 11.8 Å². The zero-order chi connectivity index (χ0) is 17.5. The topological polar surface area (TPSA) is 61.4 Å². The van der Waals surface area contributed by atoms with Crippen molar-refractivity contribution in [2.45, 2.75) is 76.7 Å². The summed E-state index contributed by atoms with van der Waals surface area (Å²) in [6.07, 6.45) is 12.7. The zero-order valence-electron chi connectivity index (χ0n) is 15.6. The number of nitrogens with one attached hydrogen (secondary N) is 2. The van der Waals surface area contributed by atoms with Crippen LogP contribution in [0.4, 0.5) is 0 Å². The van der Waals surface area contributed by atoms with Crippen molar-refractivity contribution in [3.8, 4) is 0 Å². The molecular weight excluding hydrogens is 314 g/mol. The number of hydrogen-bond donors (Lipinski definition) is 2. The third-order valence-corrected chi connectivity index (χ3v) is 6.25. The summed E-state index contributed by atoms with van der Waals surface area (Å²) in [5.74, 6) is 1.50. The monoisotopic (exact) mass is 349 g/mol. The molecule has 1 saturated carbocycles. The Hall–Kier alpha value is -1.10. The lowest BCUT2D eigenvalue weighted by molar-refractivity contribution is -0.134. The number of piperidine rings is 1. The minimum atomic E-state index is -0.00318. The van der Waals surface area contributed by atoms with Crippen LogP contribution in [0.2, 0.25) is 0 Å². The number of hydrogen-bond acceptors (Lipinski definition) is 3. The quantitative estimate of drug-likeness (QED) is 0.750. The maximum Gasteiger partial charge on any atom is 0.237 e. The third kappa shape index (κ3) is 5.70. The molecule has 2 atom stereocenters. The number of amides is 2. The predicted octanol–water partition coefficient (Wildman–Crippen LogP) is 2.45. The fourth-order valence-electron chi connectivity index (χ4n) is 4.68. The van der Waals surface area contributed by atoms with Crippen LogP contribution < -0.4 is 10.6 Å². The molecule has 1 aliphatic carbocycles. The Morgan fingerprint density at radius 3 is 2.40 bits per heavy atom. The maximum atomic E-state index is 12.7. The third-order valence-electron chi connectivity index (χ3n) is 6.25. The van der Waals surface area contributed by atoms with Crippen LogP contribution in [0.15, 0.2) is 0 Å². The maximum absolute atomic E-state index is 12.7. The first-order valence-corrected chi connectivity index (χ1v) is 10.5. The Bertz CT molecular complexity index is 440. The lowest BCUT2D eigenvalue weighted by atomic mass is 9.93. The Balaban J connectivity index is 1.40. The van der Waals surface area contributed by atoms with E-state index >= 15 is 0 Å². The molecule has 2 heterocycles. The summed E-state index contributed by atoms with van der Waals surface area (Å²) >= 11 is 0. The highest BCUT2D eigenvalue weighted by Gasteiger charge is 2.27. The minimum Gasteiger partial charge on any atom is -0.354 e. The minimum absolute atomic E-state index is 0.00318.